The van der Waals surface area contributed by atoms with E-state index in [1.807, 2.05) is 0 Å². The maximum atomic E-state index is 10.4. The quantitative estimate of drug-likeness (QED) is 0.538. The summed E-state index contributed by atoms with van der Waals surface area (Å²) in [6.07, 6.45) is 4.75. The predicted octanol–water partition coefficient (Wildman–Crippen LogP) is 0.575. The molecule has 1 unspecified atom stereocenters. The molecule has 0 aromatic rings. The van der Waals surface area contributed by atoms with Gasteiger partial charge in [-0.3, -0.25) is 0 Å². The first-order valence-corrected chi connectivity index (χ1v) is 4.03. The Bertz CT molecular complexity index is 149. The van der Waals surface area contributed by atoms with Gasteiger partial charge in [0, 0.05) is 5.92 Å². The van der Waals surface area contributed by atoms with E-state index in [9.17, 15) is 4.79 Å². The number of piperidine rings is 1. The van der Waals surface area contributed by atoms with Gasteiger partial charge >= 0.3 is 0 Å². The molecule has 2 nitrogen and oxygen atoms in total. The summed E-state index contributed by atoms with van der Waals surface area (Å²) in [5.74, 6) is 0.412. The zero-order valence-corrected chi connectivity index (χ0v) is 6.10. The van der Waals surface area contributed by atoms with Crippen LogP contribution < -0.4 is 5.32 Å². The first-order chi connectivity index (χ1) is 4.87. The first-order valence-electron chi connectivity index (χ1n) is 4.03. The van der Waals surface area contributed by atoms with Gasteiger partial charge in [0.15, 0.2) is 0 Å². The third-order valence-corrected chi connectivity index (χ3v) is 3.02. The minimum absolute atomic E-state index is 0.412. The van der Waals surface area contributed by atoms with Gasteiger partial charge in [0.1, 0.15) is 6.29 Å². The van der Waals surface area contributed by atoms with E-state index in [1.165, 1.54) is 12.8 Å². The minimum Gasteiger partial charge on any atom is -0.317 e. The molecule has 1 heterocycles. The molecule has 0 amide bonds. The molecule has 2 fully saturated rings. The number of rotatable bonds is 1. The zero-order chi connectivity index (χ0) is 7.03. The molecular weight excluding hydrogens is 126 g/mol. The maximum absolute atomic E-state index is 10.4. The molecule has 1 N–H and O–H groups in total. The van der Waals surface area contributed by atoms with E-state index in [0.717, 1.165) is 25.8 Å². The number of carbonyl (C=O) groups is 1. The molecule has 1 saturated heterocycles. The minimum atomic E-state index is 0.412. The normalized spacial score (nSPS) is 35.8. The second-order valence-corrected chi connectivity index (χ2v) is 3.56. The molecule has 2 aliphatic rings. The molecule has 1 aliphatic heterocycles. The van der Waals surface area contributed by atoms with Crippen molar-refractivity contribution >= 4 is 6.29 Å². The first kappa shape index (κ1) is 6.35. The molecule has 1 atom stereocenters. The second-order valence-electron chi connectivity index (χ2n) is 3.56. The van der Waals surface area contributed by atoms with Crippen molar-refractivity contribution in [1.82, 2.24) is 5.32 Å². The Labute approximate surface area is 61.0 Å². The van der Waals surface area contributed by atoms with Crippen molar-refractivity contribution in [3.63, 3.8) is 0 Å². The lowest BCUT2D eigenvalue weighted by atomic mass is 9.92. The molecule has 1 aliphatic carbocycles. The summed E-state index contributed by atoms with van der Waals surface area (Å²) in [5.41, 5.74) is 0.465. The lowest BCUT2D eigenvalue weighted by Crippen LogP contribution is -2.29. The average Bonchev–Trinajstić information content (AvgIpc) is 2.65. The topological polar surface area (TPSA) is 29.1 Å². The van der Waals surface area contributed by atoms with E-state index in [1.54, 1.807) is 0 Å². The van der Waals surface area contributed by atoms with Gasteiger partial charge in [-0.1, -0.05) is 0 Å². The van der Waals surface area contributed by atoms with Crippen LogP contribution in [0.5, 0.6) is 0 Å². The number of hydrogen-bond donors (Lipinski definition) is 1. The summed E-state index contributed by atoms with van der Waals surface area (Å²) in [6.45, 7) is 2.23. The van der Waals surface area contributed by atoms with E-state index in [0.29, 0.717) is 11.3 Å². The van der Waals surface area contributed by atoms with Crippen molar-refractivity contribution in [3.05, 3.63) is 0 Å². The molecule has 0 aromatic heterocycles. The van der Waals surface area contributed by atoms with Crippen molar-refractivity contribution in [3.8, 4) is 0 Å². The Balaban J connectivity index is 1.97. The lowest BCUT2D eigenvalue weighted by molar-refractivity contribution is -0.109. The molecule has 0 bridgehead atoms. The Kier molecular flexibility index (Phi) is 1.31. The highest BCUT2D eigenvalue weighted by molar-refractivity contribution is 5.60. The van der Waals surface area contributed by atoms with Gasteiger partial charge in [-0.25, -0.2) is 0 Å². The highest BCUT2D eigenvalue weighted by Gasteiger charge is 2.53. The van der Waals surface area contributed by atoms with Crippen LogP contribution in [-0.2, 0) is 4.79 Å². The smallest absolute Gasteiger partial charge is 0.123 e. The van der Waals surface area contributed by atoms with Crippen molar-refractivity contribution in [1.29, 1.82) is 0 Å². The van der Waals surface area contributed by atoms with Gasteiger partial charge < -0.3 is 10.1 Å². The van der Waals surface area contributed by atoms with Crippen molar-refractivity contribution in [2.24, 2.45) is 11.3 Å². The average molecular weight is 139 g/mol. The summed E-state index contributed by atoms with van der Waals surface area (Å²) in [6, 6.07) is 0. The molecule has 0 radical (unpaired) electrons. The SMILES string of the molecule is O=CC1CC12CCNCC2. The largest absolute Gasteiger partial charge is 0.317 e. The maximum Gasteiger partial charge on any atom is 0.123 e. The van der Waals surface area contributed by atoms with Gasteiger partial charge in [0.05, 0.1) is 0 Å². The number of aldehydes is 1. The highest BCUT2D eigenvalue weighted by atomic mass is 16.1. The predicted molar refractivity (Wildman–Crippen MR) is 38.7 cm³/mol. The molecule has 2 rings (SSSR count). The van der Waals surface area contributed by atoms with Gasteiger partial charge in [0.2, 0.25) is 0 Å². The van der Waals surface area contributed by atoms with E-state index in [-0.39, 0.29) is 0 Å². The fourth-order valence-electron chi connectivity index (χ4n) is 2.07. The Morgan fingerprint density at radius 3 is 2.60 bits per heavy atom. The van der Waals surface area contributed by atoms with Crippen LogP contribution in [0.4, 0.5) is 0 Å². The van der Waals surface area contributed by atoms with Gasteiger partial charge in [-0.2, -0.15) is 0 Å². The monoisotopic (exact) mass is 139 g/mol. The molecule has 1 saturated carbocycles. The molecule has 56 valence electrons. The summed E-state index contributed by atoms with van der Waals surface area (Å²) >= 11 is 0. The van der Waals surface area contributed by atoms with Crippen LogP contribution in [0.15, 0.2) is 0 Å². The van der Waals surface area contributed by atoms with Crippen molar-refractivity contribution in [2.75, 3.05) is 13.1 Å². The zero-order valence-electron chi connectivity index (χ0n) is 6.10. The fourth-order valence-corrected chi connectivity index (χ4v) is 2.07. The highest BCUT2D eigenvalue weighted by Crippen LogP contribution is 2.57. The van der Waals surface area contributed by atoms with Gasteiger partial charge in [-0.05, 0) is 37.8 Å². The number of nitrogens with one attached hydrogen (secondary N) is 1. The molecule has 0 aromatic carbocycles. The van der Waals surface area contributed by atoms with Crippen molar-refractivity contribution in [2.45, 2.75) is 19.3 Å². The Morgan fingerprint density at radius 2 is 2.10 bits per heavy atom. The van der Waals surface area contributed by atoms with Gasteiger partial charge in [0.25, 0.3) is 0 Å². The second kappa shape index (κ2) is 2.06. The van der Waals surface area contributed by atoms with Crippen LogP contribution in [-0.4, -0.2) is 19.4 Å². The Morgan fingerprint density at radius 1 is 1.40 bits per heavy atom. The third-order valence-electron chi connectivity index (χ3n) is 3.02. The standard InChI is InChI=1S/C8H13NO/c10-6-7-5-8(7)1-3-9-4-2-8/h6-7,9H,1-5H2. The lowest BCUT2D eigenvalue weighted by Gasteiger charge is -2.22. The van der Waals surface area contributed by atoms with Crippen LogP contribution in [0, 0.1) is 11.3 Å². The van der Waals surface area contributed by atoms with E-state index >= 15 is 0 Å². The Hall–Kier alpha value is -0.370. The number of carbonyl (C=O) groups excluding carboxylic acids is 1. The number of hydrogen-bond acceptors (Lipinski definition) is 2. The molecule has 2 heteroatoms. The van der Waals surface area contributed by atoms with E-state index in [4.69, 9.17) is 0 Å². The van der Waals surface area contributed by atoms with Crippen LogP contribution in [0.2, 0.25) is 0 Å². The van der Waals surface area contributed by atoms with Crippen LogP contribution in [0.3, 0.4) is 0 Å². The molecule has 1 spiro atoms. The molecular formula is C8H13NO. The summed E-state index contributed by atoms with van der Waals surface area (Å²) in [7, 11) is 0. The fraction of sp³-hybridized carbons (Fsp3) is 0.875. The summed E-state index contributed by atoms with van der Waals surface area (Å²) in [5, 5.41) is 3.31. The van der Waals surface area contributed by atoms with Crippen LogP contribution >= 0.6 is 0 Å². The van der Waals surface area contributed by atoms with Crippen LogP contribution in [0.25, 0.3) is 0 Å². The summed E-state index contributed by atoms with van der Waals surface area (Å²) in [4.78, 5) is 10.4. The third kappa shape index (κ3) is 0.788. The van der Waals surface area contributed by atoms with E-state index < -0.39 is 0 Å². The van der Waals surface area contributed by atoms with Gasteiger partial charge in [-0.15, -0.1) is 0 Å². The van der Waals surface area contributed by atoms with E-state index in [2.05, 4.69) is 5.32 Å². The molecule has 10 heavy (non-hydrogen) atoms. The van der Waals surface area contributed by atoms with Crippen molar-refractivity contribution < 1.29 is 4.79 Å². The summed E-state index contributed by atoms with van der Waals surface area (Å²) < 4.78 is 0. The van der Waals surface area contributed by atoms with Crippen LogP contribution in [0.1, 0.15) is 19.3 Å².